The van der Waals surface area contributed by atoms with E-state index < -0.39 is 32.0 Å². The average Bonchev–Trinajstić information content (AvgIpc) is 2.79. The third kappa shape index (κ3) is 6.45. The molecule has 1 amide bonds. The minimum Gasteiger partial charge on any atom is -0.497 e. The van der Waals surface area contributed by atoms with Crippen molar-refractivity contribution in [2.45, 2.75) is 24.8 Å². The van der Waals surface area contributed by atoms with Gasteiger partial charge >= 0.3 is 0 Å². The molecule has 186 valence electrons. The lowest BCUT2D eigenvalue weighted by molar-refractivity contribution is -0.116. The van der Waals surface area contributed by atoms with Crippen molar-refractivity contribution < 1.29 is 26.4 Å². The summed E-state index contributed by atoms with van der Waals surface area (Å²) in [6, 6.07) is 12.2. The zero-order valence-electron chi connectivity index (χ0n) is 19.5. The number of carbonyl (C=O) groups excluding carboxylic acids is 1. The van der Waals surface area contributed by atoms with E-state index in [2.05, 4.69) is 20.0 Å². The Balaban J connectivity index is 1.76. The third-order valence-corrected chi connectivity index (χ3v) is 7.45. The van der Waals surface area contributed by atoms with E-state index in [1.807, 2.05) is 0 Å². The van der Waals surface area contributed by atoms with E-state index in [1.54, 1.807) is 25.1 Å². The molecular formula is C22H25N5O6S2. The first-order valence-corrected chi connectivity index (χ1v) is 13.6. The van der Waals surface area contributed by atoms with Crippen LogP contribution in [0.1, 0.15) is 12.6 Å². The molecule has 0 radical (unpaired) electrons. The summed E-state index contributed by atoms with van der Waals surface area (Å²) >= 11 is 0. The Labute approximate surface area is 204 Å². The molecule has 0 saturated heterocycles. The fourth-order valence-corrected chi connectivity index (χ4v) is 5.31. The van der Waals surface area contributed by atoms with Crippen molar-refractivity contribution >= 4 is 43.3 Å². The second-order valence-corrected chi connectivity index (χ2v) is 11.1. The number of benzene rings is 2. The van der Waals surface area contributed by atoms with Crippen molar-refractivity contribution in [2.24, 2.45) is 0 Å². The predicted molar refractivity (Wildman–Crippen MR) is 132 cm³/mol. The van der Waals surface area contributed by atoms with Gasteiger partial charge < -0.3 is 10.1 Å². The first-order chi connectivity index (χ1) is 16.4. The number of methoxy groups -OCH3 is 1. The van der Waals surface area contributed by atoms with Gasteiger partial charge in [0.25, 0.3) is 10.0 Å². The molecule has 0 saturated carbocycles. The summed E-state index contributed by atoms with van der Waals surface area (Å²) in [6.45, 7) is 3.16. The highest BCUT2D eigenvalue weighted by atomic mass is 32.2. The summed E-state index contributed by atoms with van der Waals surface area (Å²) in [6.07, 6.45) is 2.44. The van der Waals surface area contributed by atoms with Crippen LogP contribution in [-0.4, -0.2) is 52.1 Å². The maximum Gasteiger partial charge on any atom is 0.264 e. The van der Waals surface area contributed by atoms with Crippen LogP contribution in [0, 0.1) is 6.92 Å². The standard InChI is InChI=1S/C22H25N5O6S2/c1-15-13-14-23-22(24-15)26-35(31,32)20-11-5-17(6-12-20)25-21(28)16(2)27(34(4,29)30)18-7-9-19(33-3)10-8-18/h5-14,16H,1-4H3,(H,25,28)(H,23,24,26)/t16-/m0/s1. The molecule has 2 N–H and O–H groups in total. The van der Waals surface area contributed by atoms with Crippen LogP contribution in [-0.2, 0) is 24.8 Å². The Hall–Kier alpha value is -3.71. The summed E-state index contributed by atoms with van der Waals surface area (Å²) in [5.74, 6) is -0.124. The molecule has 0 unspecified atom stereocenters. The number of aryl methyl sites for hydroxylation is 1. The summed E-state index contributed by atoms with van der Waals surface area (Å²) in [5.41, 5.74) is 1.18. The Morgan fingerprint density at radius 2 is 1.63 bits per heavy atom. The molecule has 35 heavy (non-hydrogen) atoms. The second kappa shape index (κ2) is 10.3. The molecule has 0 aliphatic heterocycles. The number of nitrogens with one attached hydrogen (secondary N) is 2. The lowest BCUT2D eigenvalue weighted by atomic mass is 10.2. The van der Waals surface area contributed by atoms with Gasteiger partial charge in [0.2, 0.25) is 21.9 Å². The number of anilines is 3. The van der Waals surface area contributed by atoms with Crippen LogP contribution in [0.2, 0.25) is 0 Å². The zero-order valence-corrected chi connectivity index (χ0v) is 21.1. The number of nitrogens with zero attached hydrogens (tertiary/aromatic N) is 3. The van der Waals surface area contributed by atoms with Crippen LogP contribution in [0.15, 0.2) is 65.7 Å². The van der Waals surface area contributed by atoms with Gasteiger partial charge in [0.1, 0.15) is 11.8 Å². The van der Waals surface area contributed by atoms with E-state index >= 15 is 0 Å². The molecule has 0 aliphatic rings. The van der Waals surface area contributed by atoms with Gasteiger partial charge in [0, 0.05) is 17.6 Å². The minimum absolute atomic E-state index is 0.0596. The Morgan fingerprint density at radius 1 is 1.00 bits per heavy atom. The van der Waals surface area contributed by atoms with Crippen molar-refractivity contribution in [1.29, 1.82) is 0 Å². The molecule has 2 aromatic carbocycles. The van der Waals surface area contributed by atoms with Crippen molar-refractivity contribution in [3.05, 3.63) is 66.5 Å². The fourth-order valence-electron chi connectivity index (χ4n) is 3.18. The van der Waals surface area contributed by atoms with Gasteiger partial charge in [0.05, 0.1) is 23.9 Å². The first kappa shape index (κ1) is 25.9. The molecule has 3 rings (SSSR count). The van der Waals surface area contributed by atoms with E-state index in [9.17, 15) is 21.6 Å². The van der Waals surface area contributed by atoms with Crippen molar-refractivity contribution in [1.82, 2.24) is 9.97 Å². The lowest BCUT2D eigenvalue weighted by Crippen LogP contribution is -2.45. The van der Waals surface area contributed by atoms with Crippen LogP contribution in [0.3, 0.4) is 0 Å². The summed E-state index contributed by atoms with van der Waals surface area (Å²) in [7, 11) is -6.26. The van der Waals surface area contributed by atoms with Gasteiger partial charge in [-0.05, 0) is 68.4 Å². The van der Waals surface area contributed by atoms with Gasteiger partial charge in [0.15, 0.2) is 0 Å². The van der Waals surface area contributed by atoms with Crippen LogP contribution in [0.4, 0.5) is 17.3 Å². The molecule has 0 aliphatic carbocycles. The molecule has 0 fully saturated rings. The fraction of sp³-hybridized carbons (Fsp3) is 0.227. The molecule has 1 aromatic heterocycles. The summed E-state index contributed by atoms with van der Waals surface area (Å²) < 4.78 is 58.5. The number of aromatic nitrogens is 2. The van der Waals surface area contributed by atoms with Gasteiger partial charge in [-0.3, -0.25) is 9.10 Å². The monoisotopic (exact) mass is 519 g/mol. The summed E-state index contributed by atoms with van der Waals surface area (Å²) in [4.78, 5) is 20.7. The molecular weight excluding hydrogens is 494 g/mol. The number of hydrogen-bond acceptors (Lipinski definition) is 8. The maximum atomic E-state index is 12.9. The maximum absolute atomic E-state index is 12.9. The van der Waals surface area contributed by atoms with Gasteiger partial charge in [-0.15, -0.1) is 0 Å². The Bertz CT molecular complexity index is 1410. The topological polar surface area (TPSA) is 148 Å². The second-order valence-electron chi connectivity index (χ2n) is 7.57. The number of hydrogen-bond donors (Lipinski definition) is 2. The van der Waals surface area contributed by atoms with E-state index in [1.165, 1.54) is 56.6 Å². The molecule has 13 heteroatoms. The van der Waals surface area contributed by atoms with Gasteiger partial charge in [-0.1, -0.05) is 0 Å². The normalized spacial score (nSPS) is 12.5. The SMILES string of the molecule is COc1ccc(N([C@@H](C)C(=O)Nc2ccc(S(=O)(=O)Nc3nccc(C)n3)cc2)S(C)(=O)=O)cc1. The number of ether oxygens (including phenoxy) is 1. The Morgan fingerprint density at radius 3 is 2.17 bits per heavy atom. The number of amides is 1. The first-order valence-electron chi connectivity index (χ1n) is 10.3. The molecule has 3 aromatic rings. The molecule has 0 bridgehead atoms. The van der Waals surface area contributed by atoms with Crippen molar-refractivity contribution in [3.8, 4) is 5.75 Å². The highest BCUT2D eigenvalue weighted by Crippen LogP contribution is 2.24. The van der Waals surface area contributed by atoms with Gasteiger partial charge in [-0.2, -0.15) is 0 Å². The highest BCUT2D eigenvalue weighted by molar-refractivity contribution is 7.92. The van der Waals surface area contributed by atoms with E-state index in [0.29, 0.717) is 17.1 Å². The quantitative estimate of drug-likeness (QED) is 0.438. The van der Waals surface area contributed by atoms with E-state index in [4.69, 9.17) is 4.74 Å². The largest absolute Gasteiger partial charge is 0.497 e. The van der Waals surface area contributed by atoms with Crippen LogP contribution < -0.4 is 19.1 Å². The smallest absolute Gasteiger partial charge is 0.264 e. The highest BCUT2D eigenvalue weighted by Gasteiger charge is 2.29. The predicted octanol–water partition coefficient (Wildman–Crippen LogP) is 2.39. The number of sulfonamides is 2. The summed E-state index contributed by atoms with van der Waals surface area (Å²) in [5, 5.41) is 2.61. The minimum atomic E-state index is -3.95. The zero-order chi connectivity index (χ0) is 25.8. The van der Waals surface area contributed by atoms with E-state index in [0.717, 1.165) is 10.6 Å². The van der Waals surface area contributed by atoms with Crippen LogP contribution in [0.5, 0.6) is 5.75 Å². The average molecular weight is 520 g/mol. The lowest BCUT2D eigenvalue weighted by Gasteiger charge is -2.28. The third-order valence-electron chi connectivity index (χ3n) is 4.87. The van der Waals surface area contributed by atoms with Gasteiger partial charge in [-0.25, -0.2) is 31.5 Å². The molecule has 11 nitrogen and oxygen atoms in total. The van der Waals surface area contributed by atoms with E-state index in [-0.39, 0.29) is 16.5 Å². The molecule has 1 atom stereocenters. The number of carbonyl (C=O) groups is 1. The van der Waals surface area contributed by atoms with Crippen molar-refractivity contribution in [2.75, 3.05) is 27.7 Å². The molecule has 1 heterocycles. The Kier molecular flexibility index (Phi) is 7.60. The van der Waals surface area contributed by atoms with Crippen LogP contribution >= 0.6 is 0 Å². The van der Waals surface area contributed by atoms with Crippen molar-refractivity contribution in [3.63, 3.8) is 0 Å². The number of rotatable bonds is 9. The molecule has 0 spiro atoms. The van der Waals surface area contributed by atoms with Crippen LogP contribution in [0.25, 0.3) is 0 Å².